The third-order valence-corrected chi connectivity index (χ3v) is 5.54. The van der Waals surface area contributed by atoms with E-state index >= 15 is 0 Å². The van der Waals surface area contributed by atoms with Crippen molar-refractivity contribution >= 4 is 43.4 Å². The number of rotatable bonds is 7. The van der Waals surface area contributed by atoms with Crippen LogP contribution in [0, 0.1) is 11.3 Å². The molecular formula is C19H16BrN3O5S. The molecule has 10 heteroatoms. The van der Waals surface area contributed by atoms with Crippen molar-refractivity contribution in [2.45, 2.75) is 11.8 Å². The number of nitrogens with two attached hydrogens (primary N) is 1. The number of nitrogens with zero attached hydrogens (tertiary/aromatic N) is 1. The Balaban J connectivity index is 2.03. The monoisotopic (exact) mass is 477 g/mol. The lowest BCUT2D eigenvalue weighted by molar-refractivity contribution is -0.118. The number of nitriles is 1. The number of anilines is 1. The highest BCUT2D eigenvalue weighted by molar-refractivity contribution is 9.10. The van der Waals surface area contributed by atoms with Gasteiger partial charge in [-0.15, -0.1) is 0 Å². The fourth-order valence-corrected chi connectivity index (χ4v) is 3.48. The third-order valence-electron chi connectivity index (χ3n) is 3.62. The van der Waals surface area contributed by atoms with Gasteiger partial charge < -0.3 is 10.5 Å². The summed E-state index contributed by atoms with van der Waals surface area (Å²) in [5, 5.41) is 8.86. The first-order valence-corrected chi connectivity index (χ1v) is 10.4. The number of carbonyl (C=O) groups excluding carboxylic acids is 2. The molecule has 0 unspecified atom stereocenters. The quantitative estimate of drug-likeness (QED) is 0.354. The number of allylic oxidation sites excluding steroid dienone is 1. The largest absolute Gasteiger partial charge is 0.454 e. The zero-order chi connectivity index (χ0) is 21.6. The van der Waals surface area contributed by atoms with E-state index < -0.39 is 28.4 Å². The number of ether oxygens (including phenoxy) is 1. The zero-order valence-electron chi connectivity index (χ0n) is 15.2. The van der Waals surface area contributed by atoms with Crippen LogP contribution in [0.1, 0.15) is 17.3 Å². The van der Waals surface area contributed by atoms with E-state index in [1.54, 1.807) is 18.2 Å². The Hall–Kier alpha value is -3.16. The number of hydrogen-bond donors (Lipinski definition) is 2. The second-order valence-electron chi connectivity index (χ2n) is 5.81. The van der Waals surface area contributed by atoms with Crippen molar-refractivity contribution in [2.75, 3.05) is 11.3 Å². The van der Waals surface area contributed by atoms with Gasteiger partial charge in [-0.2, -0.15) is 5.26 Å². The van der Waals surface area contributed by atoms with Crippen molar-refractivity contribution in [3.05, 3.63) is 69.8 Å². The molecule has 0 aliphatic heterocycles. The van der Waals surface area contributed by atoms with E-state index in [2.05, 4.69) is 20.7 Å². The molecule has 8 nitrogen and oxygen atoms in total. The lowest BCUT2D eigenvalue weighted by Gasteiger charge is -2.09. The first kappa shape index (κ1) is 22.1. The number of ketones is 1. The molecule has 0 heterocycles. The highest BCUT2D eigenvalue weighted by atomic mass is 79.9. The Morgan fingerprint density at radius 3 is 2.24 bits per heavy atom. The number of Topliss-reactive ketones (excluding diaryl/α,β-unsaturated/α-hetero) is 1. The van der Waals surface area contributed by atoms with Crippen molar-refractivity contribution in [3.8, 4) is 6.07 Å². The van der Waals surface area contributed by atoms with Gasteiger partial charge in [-0.25, -0.2) is 13.2 Å². The third kappa shape index (κ3) is 5.91. The van der Waals surface area contributed by atoms with Gasteiger partial charge in [0.15, 0.2) is 6.61 Å². The number of esters is 1. The summed E-state index contributed by atoms with van der Waals surface area (Å²) in [6, 6.07) is 13.2. The van der Waals surface area contributed by atoms with Gasteiger partial charge in [-0.3, -0.25) is 9.52 Å². The molecule has 2 aromatic carbocycles. The van der Waals surface area contributed by atoms with Crippen LogP contribution in [0.4, 0.5) is 5.69 Å². The fraction of sp³-hybridized carbons (Fsp3) is 0.105. The van der Waals surface area contributed by atoms with Crippen LogP contribution in [0.5, 0.6) is 0 Å². The molecule has 0 radical (unpaired) electrons. The molecule has 0 amide bonds. The van der Waals surface area contributed by atoms with Crippen LogP contribution in [0.15, 0.2) is 69.2 Å². The second kappa shape index (κ2) is 9.36. The maximum atomic E-state index is 12.4. The standard InChI is InChI=1S/C19H16BrN3O5S/c1-12(22)17(10-21)18(24)11-28-19(25)13-2-6-15(7-3-13)23-29(26,27)16-8-4-14(20)5-9-16/h2-9,23H,11,22H2,1H3. The molecule has 0 saturated carbocycles. The maximum Gasteiger partial charge on any atom is 0.338 e. The number of carbonyl (C=O) groups is 2. The first-order valence-electron chi connectivity index (χ1n) is 8.09. The van der Waals surface area contributed by atoms with Crippen LogP contribution in [0.2, 0.25) is 0 Å². The van der Waals surface area contributed by atoms with Gasteiger partial charge in [0, 0.05) is 15.9 Å². The molecule has 0 atom stereocenters. The van der Waals surface area contributed by atoms with E-state index in [0.29, 0.717) is 0 Å². The SMILES string of the molecule is CC(N)=C(C#N)C(=O)COC(=O)c1ccc(NS(=O)(=O)c2ccc(Br)cc2)cc1. The average Bonchev–Trinajstić information content (AvgIpc) is 2.67. The maximum absolute atomic E-state index is 12.4. The lowest BCUT2D eigenvalue weighted by atomic mass is 10.1. The molecular weight excluding hydrogens is 462 g/mol. The topological polar surface area (TPSA) is 139 Å². The number of halogens is 1. The van der Waals surface area contributed by atoms with Crippen LogP contribution >= 0.6 is 15.9 Å². The van der Waals surface area contributed by atoms with Gasteiger partial charge in [0.25, 0.3) is 10.0 Å². The minimum atomic E-state index is -3.78. The van der Waals surface area contributed by atoms with E-state index in [1.165, 1.54) is 43.3 Å². The Morgan fingerprint density at radius 2 is 1.72 bits per heavy atom. The van der Waals surface area contributed by atoms with Gasteiger partial charge in [0.05, 0.1) is 10.5 Å². The molecule has 3 N–H and O–H groups in total. The Kier molecular flexibility index (Phi) is 7.14. The molecule has 0 saturated heterocycles. The molecule has 0 aliphatic carbocycles. The Morgan fingerprint density at radius 1 is 1.14 bits per heavy atom. The molecule has 2 rings (SSSR count). The van der Waals surface area contributed by atoms with Gasteiger partial charge in [0.1, 0.15) is 11.6 Å². The summed E-state index contributed by atoms with van der Waals surface area (Å²) < 4.78 is 32.7. The van der Waals surface area contributed by atoms with E-state index in [4.69, 9.17) is 15.7 Å². The second-order valence-corrected chi connectivity index (χ2v) is 8.40. The minimum Gasteiger partial charge on any atom is -0.454 e. The summed E-state index contributed by atoms with van der Waals surface area (Å²) >= 11 is 3.24. The summed E-state index contributed by atoms with van der Waals surface area (Å²) in [7, 11) is -3.78. The van der Waals surface area contributed by atoms with Crippen LogP contribution in [-0.4, -0.2) is 26.8 Å². The summed E-state index contributed by atoms with van der Waals surface area (Å²) in [5.74, 6) is -1.51. The highest BCUT2D eigenvalue weighted by Gasteiger charge is 2.17. The molecule has 29 heavy (non-hydrogen) atoms. The minimum absolute atomic E-state index is 0.0379. The van der Waals surface area contributed by atoms with Crippen molar-refractivity contribution in [2.24, 2.45) is 5.73 Å². The number of nitrogens with one attached hydrogen (secondary N) is 1. The molecule has 0 aliphatic rings. The summed E-state index contributed by atoms with van der Waals surface area (Å²) in [4.78, 5) is 23.9. The summed E-state index contributed by atoms with van der Waals surface area (Å²) in [6.45, 7) is 0.764. The van der Waals surface area contributed by atoms with Gasteiger partial charge in [0.2, 0.25) is 5.78 Å². The van der Waals surface area contributed by atoms with E-state index in [-0.39, 0.29) is 27.4 Å². The molecule has 150 valence electrons. The van der Waals surface area contributed by atoms with Gasteiger partial charge in [-0.1, -0.05) is 15.9 Å². The zero-order valence-corrected chi connectivity index (χ0v) is 17.6. The molecule has 0 fully saturated rings. The summed E-state index contributed by atoms with van der Waals surface area (Å²) in [5.41, 5.74) is 5.54. The molecule has 0 aromatic heterocycles. The number of hydrogen-bond acceptors (Lipinski definition) is 7. The molecule has 2 aromatic rings. The Bertz CT molecular complexity index is 1100. The Labute approximate surface area is 176 Å². The van der Waals surface area contributed by atoms with Crippen LogP contribution < -0.4 is 10.5 Å². The van der Waals surface area contributed by atoms with Crippen molar-refractivity contribution in [1.29, 1.82) is 5.26 Å². The van der Waals surface area contributed by atoms with E-state index in [1.807, 2.05) is 0 Å². The number of benzene rings is 2. The van der Waals surface area contributed by atoms with Crippen molar-refractivity contribution in [1.82, 2.24) is 0 Å². The van der Waals surface area contributed by atoms with Crippen LogP contribution in [0.25, 0.3) is 0 Å². The first-order chi connectivity index (χ1) is 13.6. The van der Waals surface area contributed by atoms with E-state index in [9.17, 15) is 18.0 Å². The molecule has 0 bridgehead atoms. The lowest BCUT2D eigenvalue weighted by Crippen LogP contribution is -2.17. The highest BCUT2D eigenvalue weighted by Crippen LogP contribution is 2.19. The average molecular weight is 478 g/mol. The predicted molar refractivity (Wildman–Crippen MR) is 109 cm³/mol. The molecule has 0 spiro atoms. The smallest absolute Gasteiger partial charge is 0.338 e. The fourth-order valence-electron chi connectivity index (χ4n) is 2.16. The number of sulfonamides is 1. The van der Waals surface area contributed by atoms with E-state index in [0.717, 1.165) is 4.47 Å². The van der Waals surface area contributed by atoms with Crippen molar-refractivity contribution < 1.29 is 22.7 Å². The normalized spacial score (nSPS) is 11.8. The van der Waals surface area contributed by atoms with Crippen LogP contribution in [0.3, 0.4) is 0 Å². The predicted octanol–water partition coefficient (Wildman–Crippen LogP) is 2.73. The van der Waals surface area contributed by atoms with Gasteiger partial charge in [-0.05, 0) is 55.5 Å². The van der Waals surface area contributed by atoms with Crippen LogP contribution in [-0.2, 0) is 19.6 Å². The van der Waals surface area contributed by atoms with Crippen molar-refractivity contribution in [3.63, 3.8) is 0 Å². The summed E-state index contributed by atoms with van der Waals surface area (Å²) in [6.07, 6.45) is 0. The van der Waals surface area contributed by atoms with Gasteiger partial charge >= 0.3 is 5.97 Å².